The summed E-state index contributed by atoms with van der Waals surface area (Å²) in [6, 6.07) is 11.1. The number of amides is 1. The van der Waals surface area contributed by atoms with Crippen molar-refractivity contribution in [3.63, 3.8) is 0 Å². The summed E-state index contributed by atoms with van der Waals surface area (Å²) >= 11 is 4.03. The van der Waals surface area contributed by atoms with Gasteiger partial charge in [0.25, 0.3) is 5.91 Å². The van der Waals surface area contributed by atoms with Crippen molar-refractivity contribution in [2.75, 3.05) is 12.3 Å². The normalized spacial score (nSPS) is 10.3. The van der Waals surface area contributed by atoms with Crippen LogP contribution in [-0.2, 0) is 6.61 Å². The van der Waals surface area contributed by atoms with Crippen molar-refractivity contribution in [3.05, 3.63) is 53.5 Å². The van der Waals surface area contributed by atoms with Gasteiger partial charge in [0.15, 0.2) is 5.76 Å². The van der Waals surface area contributed by atoms with Gasteiger partial charge >= 0.3 is 0 Å². The van der Waals surface area contributed by atoms with Gasteiger partial charge in [0.2, 0.25) is 0 Å². The van der Waals surface area contributed by atoms with Gasteiger partial charge in [-0.2, -0.15) is 12.6 Å². The number of ether oxygens (including phenoxy) is 1. The smallest absolute Gasteiger partial charge is 0.287 e. The lowest BCUT2D eigenvalue weighted by Crippen LogP contribution is -2.24. The molecule has 20 heavy (non-hydrogen) atoms. The molecule has 1 aromatic carbocycles. The van der Waals surface area contributed by atoms with Crippen LogP contribution in [0, 0.1) is 6.92 Å². The summed E-state index contributed by atoms with van der Waals surface area (Å²) in [5, 5.41) is 2.69. The van der Waals surface area contributed by atoms with E-state index in [2.05, 4.69) is 17.9 Å². The average molecular weight is 291 g/mol. The number of nitrogens with one attached hydrogen (secondary N) is 1. The average Bonchev–Trinajstić information content (AvgIpc) is 2.93. The number of carbonyl (C=O) groups excluding carboxylic acids is 1. The van der Waals surface area contributed by atoms with Crippen LogP contribution in [0.5, 0.6) is 5.75 Å². The minimum Gasteiger partial charge on any atom is -0.485 e. The van der Waals surface area contributed by atoms with Crippen molar-refractivity contribution in [1.29, 1.82) is 0 Å². The van der Waals surface area contributed by atoms with E-state index in [1.54, 1.807) is 12.1 Å². The first-order valence-electron chi connectivity index (χ1n) is 6.37. The summed E-state index contributed by atoms with van der Waals surface area (Å²) in [7, 11) is 0. The SMILES string of the molecule is Cc1ccccc1OCc1ccc(C(=O)NCCS)o1. The number of para-hydroxylation sites is 1. The van der Waals surface area contributed by atoms with E-state index in [1.807, 2.05) is 31.2 Å². The maximum atomic E-state index is 11.7. The molecule has 0 saturated carbocycles. The summed E-state index contributed by atoms with van der Waals surface area (Å²) in [5.74, 6) is 2.07. The second-order valence-electron chi connectivity index (χ2n) is 4.30. The van der Waals surface area contributed by atoms with E-state index in [1.165, 1.54) is 0 Å². The van der Waals surface area contributed by atoms with Crippen LogP contribution in [0.4, 0.5) is 0 Å². The third-order valence-corrected chi connectivity index (χ3v) is 2.97. The highest BCUT2D eigenvalue weighted by Crippen LogP contribution is 2.18. The number of hydrogen-bond acceptors (Lipinski definition) is 4. The molecule has 106 valence electrons. The molecule has 0 spiro atoms. The standard InChI is InChI=1S/C15H17NO3S/c1-11-4-2-3-5-13(11)18-10-12-6-7-14(19-12)15(17)16-8-9-20/h2-7,20H,8-10H2,1H3,(H,16,17). The third kappa shape index (κ3) is 3.81. The zero-order valence-electron chi connectivity index (χ0n) is 11.3. The summed E-state index contributed by atoms with van der Waals surface area (Å²) in [6.45, 7) is 2.79. The molecule has 5 heteroatoms. The lowest BCUT2D eigenvalue weighted by molar-refractivity contribution is 0.0924. The summed E-state index contributed by atoms with van der Waals surface area (Å²) in [5.41, 5.74) is 1.06. The fourth-order valence-corrected chi connectivity index (χ4v) is 1.81. The number of carbonyl (C=O) groups is 1. The Balaban J connectivity index is 1.93. The number of hydrogen-bond donors (Lipinski definition) is 2. The van der Waals surface area contributed by atoms with Gasteiger partial charge in [0, 0.05) is 12.3 Å². The predicted molar refractivity (Wildman–Crippen MR) is 80.4 cm³/mol. The van der Waals surface area contributed by atoms with Crippen LogP contribution in [0.1, 0.15) is 21.9 Å². The first kappa shape index (κ1) is 14.5. The van der Waals surface area contributed by atoms with E-state index >= 15 is 0 Å². The van der Waals surface area contributed by atoms with Crippen molar-refractivity contribution < 1.29 is 13.9 Å². The molecule has 1 N–H and O–H groups in total. The van der Waals surface area contributed by atoms with Crippen LogP contribution < -0.4 is 10.1 Å². The summed E-state index contributed by atoms with van der Waals surface area (Å²) < 4.78 is 11.1. The number of benzene rings is 1. The number of thiol groups is 1. The minimum absolute atomic E-state index is 0.235. The van der Waals surface area contributed by atoms with Crippen LogP contribution in [-0.4, -0.2) is 18.2 Å². The Morgan fingerprint density at radius 1 is 1.30 bits per heavy atom. The van der Waals surface area contributed by atoms with E-state index in [9.17, 15) is 4.79 Å². The molecule has 1 amide bonds. The van der Waals surface area contributed by atoms with E-state index in [0.29, 0.717) is 24.7 Å². The predicted octanol–water partition coefficient (Wildman–Crippen LogP) is 2.83. The summed E-state index contributed by atoms with van der Waals surface area (Å²) in [4.78, 5) is 11.7. The molecular weight excluding hydrogens is 274 g/mol. The largest absolute Gasteiger partial charge is 0.485 e. The van der Waals surface area contributed by atoms with Crippen LogP contribution >= 0.6 is 12.6 Å². The lowest BCUT2D eigenvalue weighted by atomic mass is 10.2. The van der Waals surface area contributed by atoms with Crippen molar-refractivity contribution in [1.82, 2.24) is 5.32 Å². The van der Waals surface area contributed by atoms with Crippen molar-refractivity contribution >= 4 is 18.5 Å². The molecule has 0 saturated heterocycles. The first-order chi connectivity index (χ1) is 9.70. The molecule has 0 fully saturated rings. The maximum absolute atomic E-state index is 11.7. The Morgan fingerprint density at radius 2 is 2.10 bits per heavy atom. The second kappa shape index (κ2) is 7.05. The van der Waals surface area contributed by atoms with Crippen molar-refractivity contribution in [2.45, 2.75) is 13.5 Å². The Bertz CT molecular complexity index is 580. The Labute approximate surface area is 123 Å². The molecule has 2 aromatic rings. The second-order valence-corrected chi connectivity index (χ2v) is 4.75. The van der Waals surface area contributed by atoms with E-state index < -0.39 is 0 Å². The number of rotatable bonds is 6. The first-order valence-corrected chi connectivity index (χ1v) is 7.00. The molecule has 0 unspecified atom stereocenters. The van der Waals surface area contributed by atoms with E-state index in [0.717, 1.165) is 11.3 Å². The van der Waals surface area contributed by atoms with Gasteiger partial charge < -0.3 is 14.5 Å². The van der Waals surface area contributed by atoms with Crippen molar-refractivity contribution in [3.8, 4) is 5.75 Å². The monoisotopic (exact) mass is 291 g/mol. The molecule has 2 rings (SSSR count). The van der Waals surface area contributed by atoms with Gasteiger partial charge in [-0.1, -0.05) is 18.2 Å². The minimum atomic E-state index is -0.235. The highest BCUT2D eigenvalue weighted by atomic mass is 32.1. The van der Waals surface area contributed by atoms with Crippen LogP contribution in [0.3, 0.4) is 0 Å². The molecule has 0 aliphatic heterocycles. The molecule has 1 aromatic heterocycles. The number of aryl methyl sites for hydroxylation is 1. The zero-order valence-corrected chi connectivity index (χ0v) is 12.2. The lowest BCUT2D eigenvalue weighted by Gasteiger charge is -2.06. The Morgan fingerprint density at radius 3 is 2.85 bits per heavy atom. The summed E-state index contributed by atoms with van der Waals surface area (Å²) in [6.07, 6.45) is 0. The van der Waals surface area contributed by atoms with Gasteiger partial charge in [-0.05, 0) is 30.7 Å². The van der Waals surface area contributed by atoms with E-state index in [4.69, 9.17) is 9.15 Å². The fraction of sp³-hybridized carbons (Fsp3) is 0.267. The van der Waals surface area contributed by atoms with E-state index in [-0.39, 0.29) is 11.7 Å². The number of furan rings is 1. The molecular formula is C15H17NO3S. The maximum Gasteiger partial charge on any atom is 0.287 e. The molecule has 4 nitrogen and oxygen atoms in total. The molecule has 0 aliphatic carbocycles. The van der Waals surface area contributed by atoms with Crippen LogP contribution in [0.15, 0.2) is 40.8 Å². The highest BCUT2D eigenvalue weighted by molar-refractivity contribution is 7.80. The molecule has 0 radical (unpaired) electrons. The topological polar surface area (TPSA) is 51.5 Å². The third-order valence-electron chi connectivity index (χ3n) is 2.75. The zero-order chi connectivity index (χ0) is 14.4. The molecule has 0 aliphatic rings. The molecule has 0 atom stereocenters. The quantitative estimate of drug-likeness (QED) is 0.805. The molecule has 0 bridgehead atoms. The van der Waals surface area contributed by atoms with Gasteiger partial charge in [-0.3, -0.25) is 4.79 Å². The van der Waals surface area contributed by atoms with Gasteiger partial charge in [-0.15, -0.1) is 0 Å². The van der Waals surface area contributed by atoms with Gasteiger partial charge in [-0.25, -0.2) is 0 Å². The molecule has 1 heterocycles. The van der Waals surface area contributed by atoms with Gasteiger partial charge in [0.05, 0.1) is 0 Å². The highest BCUT2D eigenvalue weighted by Gasteiger charge is 2.10. The van der Waals surface area contributed by atoms with Crippen molar-refractivity contribution in [2.24, 2.45) is 0 Å². The Hall–Kier alpha value is -1.88. The van der Waals surface area contributed by atoms with Crippen LogP contribution in [0.2, 0.25) is 0 Å². The van der Waals surface area contributed by atoms with Crippen LogP contribution in [0.25, 0.3) is 0 Å². The van der Waals surface area contributed by atoms with Gasteiger partial charge in [0.1, 0.15) is 18.1 Å². The Kier molecular flexibility index (Phi) is 5.12. The fourth-order valence-electron chi connectivity index (χ4n) is 1.70.